The smallest absolute Gasteiger partial charge is 0.273 e. The standard InChI is InChI=1S/C11H12ClNO4/c1-3-10(14)7(2)17-11-6-8(13(15)16)4-5-9(11)12/h4-7H,3H2,1-2H3. The third-order valence-electron chi connectivity index (χ3n) is 2.23. The first kappa shape index (κ1) is 13.4. The summed E-state index contributed by atoms with van der Waals surface area (Å²) in [5.41, 5.74) is -0.124. The van der Waals surface area contributed by atoms with Crippen molar-refractivity contribution in [3.63, 3.8) is 0 Å². The Kier molecular flexibility index (Phi) is 4.45. The van der Waals surface area contributed by atoms with Crippen molar-refractivity contribution in [3.05, 3.63) is 33.3 Å². The van der Waals surface area contributed by atoms with Gasteiger partial charge in [0, 0.05) is 12.5 Å². The van der Waals surface area contributed by atoms with Crippen LogP contribution in [0.1, 0.15) is 20.3 Å². The third-order valence-corrected chi connectivity index (χ3v) is 2.54. The normalized spacial score (nSPS) is 11.9. The zero-order chi connectivity index (χ0) is 13.0. The number of carbonyl (C=O) groups is 1. The molecule has 0 saturated heterocycles. The van der Waals surface area contributed by atoms with Gasteiger partial charge < -0.3 is 4.74 Å². The van der Waals surface area contributed by atoms with Gasteiger partial charge in [0.2, 0.25) is 0 Å². The van der Waals surface area contributed by atoms with Crippen LogP contribution in [-0.4, -0.2) is 16.8 Å². The Bertz CT molecular complexity index is 447. The van der Waals surface area contributed by atoms with Crippen LogP contribution in [0.2, 0.25) is 5.02 Å². The van der Waals surface area contributed by atoms with E-state index in [0.717, 1.165) is 0 Å². The minimum atomic E-state index is -0.667. The van der Waals surface area contributed by atoms with Crippen LogP contribution < -0.4 is 4.74 Å². The summed E-state index contributed by atoms with van der Waals surface area (Å²) in [5, 5.41) is 10.8. The third kappa shape index (κ3) is 3.42. The van der Waals surface area contributed by atoms with Gasteiger partial charge in [-0.25, -0.2) is 0 Å². The summed E-state index contributed by atoms with van der Waals surface area (Å²) in [5.74, 6) is 0.0581. The summed E-state index contributed by atoms with van der Waals surface area (Å²) in [4.78, 5) is 21.4. The van der Waals surface area contributed by atoms with E-state index >= 15 is 0 Å². The second kappa shape index (κ2) is 5.63. The number of nitrogens with zero attached hydrogens (tertiary/aromatic N) is 1. The van der Waals surface area contributed by atoms with Crippen LogP contribution in [0, 0.1) is 10.1 Å². The van der Waals surface area contributed by atoms with Gasteiger partial charge in [0.05, 0.1) is 16.0 Å². The fourth-order valence-electron chi connectivity index (χ4n) is 1.24. The Hall–Kier alpha value is -1.62. The number of rotatable bonds is 5. The van der Waals surface area contributed by atoms with E-state index in [2.05, 4.69) is 0 Å². The molecule has 0 aliphatic heterocycles. The molecule has 0 bridgehead atoms. The molecule has 1 aromatic rings. The quantitative estimate of drug-likeness (QED) is 0.601. The molecule has 6 heteroatoms. The largest absolute Gasteiger partial charge is 0.481 e. The first-order valence-corrected chi connectivity index (χ1v) is 5.46. The average Bonchev–Trinajstić information content (AvgIpc) is 2.30. The summed E-state index contributed by atoms with van der Waals surface area (Å²) < 4.78 is 5.30. The van der Waals surface area contributed by atoms with Gasteiger partial charge in [-0.1, -0.05) is 18.5 Å². The molecule has 0 fully saturated rings. The lowest BCUT2D eigenvalue weighted by Crippen LogP contribution is -2.22. The van der Waals surface area contributed by atoms with Crippen molar-refractivity contribution in [2.45, 2.75) is 26.4 Å². The van der Waals surface area contributed by atoms with Gasteiger partial charge in [0.15, 0.2) is 11.9 Å². The number of non-ortho nitro benzene ring substituents is 1. The number of benzene rings is 1. The van der Waals surface area contributed by atoms with E-state index in [-0.39, 0.29) is 22.2 Å². The van der Waals surface area contributed by atoms with Gasteiger partial charge in [-0.05, 0) is 13.0 Å². The lowest BCUT2D eigenvalue weighted by atomic mass is 10.2. The van der Waals surface area contributed by atoms with Crippen LogP contribution in [0.5, 0.6) is 5.75 Å². The number of nitro groups is 1. The average molecular weight is 258 g/mol. The molecule has 0 radical (unpaired) electrons. The lowest BCUT2D eigenvalue weighted by Gasteiger charge is -2.13. The number of carbonyl (C=O) groups excluding carboxylic acids is 1. The van der Waals surface area contributed by atoms with E-state index < -0.39 is 11.0 Å². The van der Waals surface area contributed by atoms with Crippen LogP contribution in [0.25, 0.3) is 0 Å². The highest BCUT2D eigenvalue weighted by Crippen LogP contribution is 2.29. The predicted octanol–water partition coefficient (Wildman–Crippen LogP) is 2.99. The van der Waals surface area contributed by atoms with Gasteiger partial charge in [-0.3, -0.25) is 14.9 Å². The Labute approximate surface area is 103 Å². The van der Waals surface area contributed by atoms with Crippen molar-refractivity contribution < 1.29 is 14.5 Å². The molecule has 0 amide bonds. The minimum absolute atomic E-state index is 0.0902. The van der Waals surface area contributed by atoms with E-state index in [1.165, 1.54) is 18.2 Å². The summed E-state index contributed by atoms with van der Waals surface area (Å²) in [7, 11) is 0. The van der Waals surface area contributed by atoms with Crippen LogP contribution in [0.3, 0.4) is 0 Å². The molecule has 17 heavy (non-hydrogen) atoms. The van der Waals surface area contributed by atoms with E-state index in [1.54, 1.807) is 13.8 Å². The summed E-state index contributed by atoms with van der Waals surface area (Å²) in [6.07, 6.45) is -0.326. The second-order valence-corrected chi connectivity index (χ2v) is 3.86. The van der Waals surface area contributed by atoms with Crippen molar-refractivity contribution in [2.75, 3.05) is 0 Å². The molecule has 5 nitrogen and oxygen atoms in total. The van der Waals surface area contributed by atoms with E-state index in [1.807, 2.05) is 0 Å². The van der Waals surface area contributed by atoms with Crippen molar-refractivity contribution in [1.82, 2.24) is 0 Å². The summed E-state index contributed by atoms with van der Waals surface area (Å²) in [6.45, 7) is 3.30. The molecule has 1 unspecified atom stereocenters. The Morgan fingerprint density at radius 1 is 1.59 bits per heavy atom. The molecule has 1 aromatic carbocycles. The number of ketones is 1. The van der Waals surface area contributed by atoms with Gasteiger partial charge in [-0.15, -0.1) is 0 Å². The van der Waals surface area contributed by atoms with Gasteiger partial charge in [0.25, 0.3) is 5.69 Å². The lowest BCUT2D eigenvalue weighted by molar-refractivity contribution is -0.384. The van der Waals surface area contributed by atoms with Crippen LogP contribution in [-0.2, 0) is 4.79 Å². The number of Topliss-reactive ketones (excluding diaryl/α,β-unsaturated/α-hetero) is 1. The molecular weight excluding hydrogens is 246 g/mol. The molecule has 0 heterocycles. The van der Waals surface area contributed by atoms with E-state index in [4.69, 9.17) is 16.3 Å². The molecule has 0 N–H and O–H groups in total. The van der Waals surface area contributed by atoms with Crippen molar-refractivity contribution in [1.29, 1.82) is 0 Å². The monoisotopic (exact) mass is 257 g/mol. The highest BCUT2D eigenvalue weighted by atomic mass is 35.5. The Morgan fingerprint density at radius 3 is 2.76 bits per heavy atom. The number of hydrogen-bond donors (Lipinski definition) is 0. The fourth-order valence-corrected chi connectivity index (χ4v) is 1.40. The molecule has 1 rings (SSSR count). The molecule has 0 aromatic heterocycles. The maximum Gasteiger partial charge on any atom is 0.273 e. The van der Waals surface area contributed by atoms with Gasteiger partial charge in [0.1, 0.15) is 5.75 Å². The van der Waals surface area contributed by atoms with Crippen molar-refractivity contribution in [2.24, 2.45) is 0 Å². The first-order chi connectivity index (χ1) is 7.95. The molecule has 92 valence electrons. The number of hydrogen-bond acceptors (Lipinski definition) is 4. The zero-order valence-corrected chi connectivity index (χ0v) is 10.2. The number of halogens is 1. The second-order valence-electron chi connectivity index (χ2n) is 3.45. The first-order valence-electron chi connectivity index (χ1n) is 5.09. The number of nitro benzene ring substituents is 1. The summed E-state index contributed by atoms with van der Waals surface area (Å²) in [6, 6.07) is 3.86. The predicted molar refractivity (Wildman–Crippen MR) is 63.5 cm³/mol. The van der Waals surface area contributed by atoms with Crippen molar-refractivity contribution >= 4 is 23.1 Å². The molecule has 0 aliphatic carbocycles. The molecule has 1 atom stereocenters. The molecule has 0 aliphatic rings. The molecular formula is C11H12ClNO4. The molecule has 0 spiro atoms. The highest BCUT2D eigenvalue weighted by Gasteiger charge is 2.16. The number of ether oxygens (including phenoxy) is 1. The van der Waals surface area contributed by atoms with Gasteiger partial charge in [-0.2, -0.15) is 0 Å². The SMILES string of the molecule is CCC(=O)C(C)Oc1cc([N+](=O)[O-])ccc1Cl. The summed E-state index contributed by atoms with van der Waals surface area (Å²) >= 11 is 5.83. The minimum Gasteiger partial charge on any atom is -0.481 e. The topological polar surface area (TPSA) is 69.4 Å². The Morgan fingerprint density at radius 2 is 2.24 bits per heavy atom. The van der Waals surface area contributed by atoms with Gasteiger partial charge >= 0.3 is 0 Å². The van der Waals surface area contributed by atoms with Crippen LogP contribution in [0.4, 0.5) is 5.69 Å². The highest BCUT2D eigenvalue weighted by molar-refractivity contribution is 6.32. The zero-order valence-electron chi connectivity index (χ0n) is 9.47. The molecule has 0 saturated carbocycles. The maximum absolute atomic E-state index is 11.3. The van der Waals surface area contributed by atoms with E-state index in [0.29, 0.717) is 6.42 Å². The van der Waals surface area contributed by atoms with Crippen LogP contribution in [0.15, 0.2) is 18.2 Å². The van der Waals surface area contributed by atoms with Crippen LogP contribution >= 0.6 is 11.6 Å². The maximum atomic E-state index is 11.3. The fraction of sp³-hybridized carbons (Fsp3) is 0.364. The Balaban J connectivity index is 2.93. The van der Waals surface area contributed by atoms with E-state index in [9.17, 15) is 14.9 Å². The van der Waals surface area contributed by atoms with Crippen molar-refractivity contribution in [3.8, 4) is 5.75 Å².